The number of aliphatic hydroxyl groups excluding tert-OH is 1. The van der Waals surface area contributed by atoms with E-state index < -0.39 is 0 Å². The van der Waals surface area contributed by atoms with Gasteiger partial charge in [-0.25, -0.2) is 4.68 Å². The zero-order valence-corrected chi connectivity index (χ0v) is 15.8. The van der Waals surface area contributed by atoms with Crippen LogP contribution >= 0.6 is 0 Å². The molecular formula is C15H23N11O. The van der Waals surface area contributed by atoms with Crippen LogP contribution in [0.5, 0.6) is 0 Å². The average Bonchev–Trinajstić information content (AvgIpc) is 3.26. The minimum absolute atomic E-state index is 0.199. The van der Waals surface area contributed by atoms with Crippen LogP contribution in [-0.2, 0) is 13.6 Å². The minimum atomic E-state index is -0.367. The highest BCUT2D eigenvalue weighted by Crippen LogP contribution is 2.27. The van der Waals surface area contributed by atoms with Gasteiger partial charge in [0.15, 0.2) is 17.2 Å². The molecule has 27 heavy (non-hydrogen) atoms. The molecule has 0 aliphatic carbocycles. The van der Waals surface area contributed by atoms with Gasteiger partial charge in [-0.1, -0.05) is 0 Å². The van der Waals surface area contributed by atoms with E-state index in [0.717, 1.165) is 0 Å². The molecule has 1 aliphatic rings. The quantitative estimate of drug-likeness (QED) is 0.620. The monoisotopic (exact) mass is 373 g/mol. The molecule has 3 aromatic heterocycles. The van der Waals surface area contributed by atoms with E-state index >= 15 is 0 Å². The van der Waals surface area contributed by atoms with E-state index in [2.05, 4.69) is 41.0 Å². The second kappa shape index (κ2) is 6.37. The van der Waals surface area contributed by atoms with Crippen molar-refractivity contribution in [2.45, 2.75) is 45.4 Å². The molecule has 2 N–H and O–H groups in total. The Morgan fingerprint density at radius 1 is 1.22 bits per heavy atom. The number of nitrogens with one attached hydrogen (secondary N) is 1. The summed E-state index contributed by atoms with van der Waals surface area (Å²) in [4.78, 5) is 12.7. The number of hydrogen-bond donors (Lipinski definition) is 2. The molecule has 1 atom stereocenters. The maximum atomic E-state index is 9.93. The van der Waals surface area contributed by atoms with Crippen molar-refractivity contribution in [3.63, 3.8) is 0 Å². The largest absolute Gasteiger partial charge is 0.391 e. The molecule has 1 fully saturated rings. The molecule has 0 amide bonds. The highest BCUT2D eigenvalue weighted by atomic mass is 16.3. The molecule has 0 bridgehead atoms. The van der Waals surface area contributed by atoms with E-state index in [1.54, 1.807) is 11.7 Å². The van der Waals surface area contributed by atoms with Crippen molar-refractivity contribution < 1.29 is 5.11 Å². The number of aromatic nitrogens is 9. The lowest BCUT2D eigenvalue weighted by Gasteiger charge is -2.22. The lowest BCUT2D eigenvalue weighted by atomic mass is 10.1. The van der Waals surface area contributed by atoms with Gasteiger partial charge in [0.2, 0.25) is 11.6 Å². The first-order valence-corrected chi connectivity index (χ1v) is 8.84. The Labute approximate surface area is 155 Å². The van der Waals surface area contributed by atoms with E-state index in [0.29, 0.717) is 54.8 Å². The van der Waals surface area contributed by atoms with Crippen molar-refractivity contribution in [1.82, 2.24) is 45.2 Å². The summed E-state index contributed by atoms with van der Waals surface area (Å²) in [6.07, 6.45) is 0.334. The first-order chi connectivity index (χ1) is 12.8. The number of hydrogen-bond acceptors (Lipinski definition) is 10. The number of aryl methyl sites for hydroxylation is 1. The Hall–Kier alpha value is -2.89. The third-order valence-electron chi connectivity index (χ3n) is 4.21. The molecule has 4 rings (SSSR count). The summed E-state index contributed by atoms with van der Waals surface area (Å²) in [6, 6.07) is 0. The van der Waals surface area contributed by atoms with Gasteiger partial charge < -0.3 is 15.3 Å². The Morgan fingerprint density at radius 3 is 2.67 bits per heavy atom. The molecule has 3 aromatic rings. The number of β-amino-alcohol motifs (C(OH)–C–C–N with tert-alkyl or cyclic N) is 1. The molecule has 144 valence electrons. The Balaban J connectivity index is 1.76. The molecule has 0 spiro atoms. The smallest absolute Gasteiger partial charge is 0.227 e. The first kappa shape index (κ1) is 17.5. The maximum absolute atomic E-state index is 9.93. The summed E-state index contributed by atoms with van der Waals surface area (Å²) in [5, 5.41) is 33.7. The van der Waals surface area contributed by atoms with Crippen molar-refractivity contribution in [2.75, 3.05) is 23.3 Å². The summed E-state index contributed by atoms with van der Waals surface area (Å²) in [6.45, 7) is 7.67. The van der Waals surface area contributed by atoms with Gasteiger partial charge in [-0.3, -0.25) is 0 Å². The van der Waals surface area contributed by atoms with E-state index in [1.807, 2.05) is 25.7 Å². The summed E-state index contributed by atoms with van der Waals surface area (Å²) >= 11 is 0. The molecule has 1 unspecified atom stereocenters. The zero-order chi connectivity index (χ0) is 19.2. The van der Waals surface area contributed by atoms with Gasteiger partial charge in [-0.05, 0) is 37.6 Å². The molecule has 0 saturated carbocycles. The normalized spacial score (nSPS) is 17.8. The zero-order valence-electron chi connectivity index (χ0n) is 15.8. The Kier molecular flexibility index (Phi) is 4.13. The van der Waals surface area contributed by atoms with Gasteiger partial charge in [0.05, 0.1) is 6.10 Å². The van der Waals surface area contributed by atoms with E-state index in [1.165, 1.54) is 4.80 Å². The topological polar surface area (TPSA) is 136 Å². The van der Waals surface area contributed by atoms with Crippen LogP contribution in [0.15, 0.2) is 0 Å². The standard InChI is InChI=1S/C15H23N11O/c1-15(2,3)18-14-16-12-11(13(17-14)25-6-5-9(27)7-25)20-26(21-12)8-10-19-22-23-24(10)4/h9,27H,5-8H2,1-4H3,(H,16,18,21). The van der Waals surface area contributed by atoms with Crippen LogP contribution in [0.4, 0.5) is 11.8 Å². The molecule has 1 saturated heterocycles. The Morgan fingerprint density at radius 2 is 2.04 bits per heavy atom. The number of anilines is 2. The molecule has 0 radical (unpaired) electrons. The van der Waals surface area contributed by atoms with E-state index in [4.69, 9.17) is 0 Å². The lowest BCUT2D eigenvalue weighted by Crippen LogP contribution is -2.28. The summed E-state index contributed by atoms with van der Waals surface area (Å²) in [7, 11) is 1.76. The lowest BCUT2D eigenvalue weighted by molar-refractivity contribution is 0.198. The van der Waals surface area contributed by atoms with Gasteiger partial charge in [-0.2, -0.15) is 14.8 Å². The molecule has 12 heteroatoms. The van der Waals surface area contributed by atoms with Crippen molar-refractivity contribution in [3.8, 4) is 0 Å². The van der Waals surface area contributed by atoms with Gasteiger partial charge >= 0.3 is 0 Å². The first-order valence-electron chi connectivity index (χ1n) is 8.84. The fourth-order valence-corrected chi connectivity index (χ4v) is 2.96. The summed E-state index contributed by atoms with van der Waals surface area (Å²) in [5.74, 6) is 1.79. The predicted molar refractivity (Wildman–Crippen MR) is 97.2 cm³/mol. The average molecular weight is 373 g/mol. The number of fused-ring (bicyclic) bond motifs is 1. The number of aliphatic hydroxyl groups is 1. The van der Waals surface area contributed by atoms with Gasteiger partial charge in [-0.15, -0.1) is 15.3 Å². The van der Waals surface area contributed by atoms with Crippen LogP contribution in [0.3, 0.4) is 0 Å². The second-order valence-corrected chi connectivity index (χ2v) is 7.76. The molecule has 0 aromatic carbocycles. The highest BCUT2D eigenvalue weighted by Gasteiger charge is 2.26. The van der Waals surface area contributed by atoms with Crippen LogP contribution < -0.4 is 10.2 Å². The van der Waals surface area contributed by atoms with Crippen LogP contribution in [-0.4, -0.2) is 75.0 Å². The SMILES string of the molecule is Cn1nnnc1Cn1nc2nc(NC(C)(C)C)nc(N3CCC(O)C3)c2n1. The minimum Gasteiger partial charge on any atom is -0.391 e. The van der Waals surface area contributed by atoms with Crippen LogP contribution in [0.1, 0.15) is 33.0 Å². The van der Waals surface area contributed by atoms with Crippen molar-refractivity contribution >= 4 is 22.9 Å². The third-order valence-corrected chi connectivity index (χ3v) is 4.21. The number of nitrogens with zero attached hydrogens (tertiary/aromatic N) is 10. The summed E-state index contributed by atoms with van der Waals surface area (Å²) in [5.41, 5.74) is 0.886. The van der Waals surface area contributed by atoms with Crippen LogP contribution in [0.2, 0.25) is 0 Å². The van der Waals surface area contributed by atoms with Crippen molar-refractivity contribution in [1.29, 1.82) is 0 Å². The predicted octanol–water partition coefficient (Wildman–Crippen LogP) is -0.425. The van der Waals surface area contributed by atoms with E-state index in [9.17, 15) is 5.11 Å². The van der Waals surface area contributed by atoms with Gasteiger partial charge in [0, 0.05) is 25.7 Å². The molecule has 1 aliphatic heterocycles. The molecular weight excluding hydrogens is 350 g/mol. The van der Waals surface area contributed by atoms with Gasteiger partial charge in [0.25, 0.3) is 0 Å². The fraction of sp³-hybridized carbons (Fsp3) is 0.667. The molecule has 4 heterocycles. The van der Waals surface area contributed by atoms with Crippen molar-refractivity contribution in [3.05, 3.63) is 5.82 Å². The Bertz CT molecular complexity index is 956. The second-order valence-electron chi connectivity index (χ2n) is 7.76. The number of rotatable bonds is 4. The highest BCUT2D eigenvalue weighted by molar-refractivity contribution is 5.84. The number of tetrazole rings is 1. The fourth-order valence-electron chi connectivity index (χ4n) is 2.96. The summed E-state index contributed by atoms with van der Waals surface area (Å²) < 4.78 is 1.57. The third kappa shape index (κ3) is 3.65. The van der Waals surface area contributed by atoms with Crippen LogP contribution in [0.25, 0.3) is 11.2 Å². The van der Waals surface area contributed by atoms with Crippen molar-refractivity contribution in [2.24, 2.45) is 7.05 Å². The van der Waals surface area contributed by atoms with E-state index in [-0.39, 0.29) is 11.6 Å². The maximum Gasteiger partial charge on any atom is 0.227 e. The molecule has 12 nitrogen and oxygen atoms in total. The van der Waals surface area contributed by atoms with Crippen LogP contribution in [0, 0.1) is 0 Å². The van der Waals surface area contributed by atoms with Gasteiger partial charge in [0.1, 0.15) is 6.54 Å².